The van der Waals surface area contributed by atoms with Gasteiger partial charge in [0.25, 0.3) is 5.56 Å². The maximum absolute atomic E-state index is 13.2. The zero-order valence-electron chi connectivity index (χ0n) is 13.9. The molecule has 2 aromatic rings. The minimum absolute atomic E-state index is 0.0689. The van der Waals surface area contributed by atoms with Crippen molar-refractivity contribution in [2.75, 3.05) is 12.4 Å². The van der Waals surface area contributed by atoms with Crippen LogP contribution in [0.1, 0.15) is 30.2 Å². The molecule has 1 saturated heterocycles. The van der Waals surface area contributed by atoms with Crippen LogP contribution < -0.4 is 5.56 Å². The Morgan fingerprint density at radius 1 is 1.58 bits per heavy atom. The number of hydrogen-bond acceptors (Lipinski definition) is 5. The SMILES string of the molecule is C=C(Br)CSc1nc2sc(C)c(CC)c2c(=O)n1C[C@@H]1CCCO1. The highest BCUT2D eigenvalue weighted by atomic mass is 79.9. The number of hydrogen-bond donors (Lipinski definition) is 0. The van der Waals surface area contributed by atoms with Gasteiger partial charge in [0.1, 0.15) is 4.83 Å². The van der Waals surface area contributed by atoms with Gasteiger partial charge in [-0.2, -0.15) is 0 Å². The van der Waals surface area contributed by atoms with E-state index in [4.69, 9.17) is 9.72 Å². The van der Waals surface area contributed by atoms with Crippen molar-refractivity contribution in [2.24, 2.45) is 0 Å². The van der Waals surface area contributed by atoms with Gasteiger partial charge in [0.15, 0.2) is 5.16 Å². The van der Waals surface area contributed by atoms with Gasteiger partial charge in [0, 0.05) is 17.2 Å². The number of rotatable bonds is 6. The van der Waals surface area contributed by atoms with Gasteiger partial charge in [0.2, 0.25) is 0 Å². The molecule has 0 unspecified atom stereocenters. The number of ether oxygens (including phenoxy) is 1. The van der Waals surface area contributed by atoms with E-state index in [9.17, 15) is 4.79 Å². The monoisotopic (exact) mass is 428 g/mol. The third-order valence-corrected chi connectivity index (χ3v) is 6.95. The molecule has 0 amide bonds. The molecule has 0 aromatic carbocycles. The number of nitrogens with zero attached hydrogens (tertiary/aromatic N) is 2. The largest absolute Gasteiger partial charge is 0.376 e. The molecule has 0 aliphatic carbocycles. The molecule has 1 aliphatic heterocycles. The molecule has 24 heavy (non-hydrogen) atoms. The Hall–Kier alpha value is -0.630. The molecule has 0 bridgehead atoms. The Morgan fingerprint density at radius 2 is 2.38 bits per heavy atom. The lowest BCUT2D eigenvalue weighted by Gasteiger charge is -2.16. The van der Waals surface area contributed by atoms with Gasteiger partial charge in [-0.25, -0.2) is 4.98 Å². The quantitative estimate of drug-likeness (QED) is 0.501. The molecule has 2 aromatic heterocycles. The highest BCUT2D eigenvalue weighted by Crippen LogP contribution is 2.30. The fraction of sp³-hybridized carbons (Fsp3) is 0.529. The van der Waals surface area contributed by atoms with Crippen LogP contribution in [-0.2, 0) is 17.7 Å². The molecular weight excluding hydrogens is 408 g/mol. The summed E-state index contributed by atoms with van der Waals surface area (Å²) in [5, 5.41) is 1.55. The van der Waals surface area contributed by atoms with Crippen LogP contribution in [0.3, 0.4) is 0 Å². The van der Waals surface area contributed by atoms with Crippen LogP contribution in [0.4, 0.5) is 0 Å². The Bertz CT molecular complexity index is 822. The lowest BCUT2D eigenvalue weighted by Crippen LogP contribution is -2.29. The molecule has 4 nitrogen and oxygen atoms in total. The highest BCUT2D eigenvalue weighted by Gasteiger charge is 2.22. The second-order valence-electron chi connectivity index (χ2n) is 5.92. The summed E-state index contributed by atoms with van der Waals surface area (Å²) in [5.41, 5.74) is 1.20. The zero-order valence-corrected chi connectivity index (χ0v) is 17.2. The van der Waals surface area contributed by atoms with E-state index in [0.717, 1.165) is 51.3 Å². The number of thiophene rings is 1. The molecule has 0 saturated carbocycles. The van der Waals surface area contributed by atoms with Gasteiger partial charge in [-0.05, 0) is 36.2 Å². The molecule has 0 N–H and O–H groups in total. The number of fused-ring (bicyclic) bond motifs is 1. The highest BCUT2D eigenvalue weighted by molar-refractivity contribution is 9.11. The molecule has 130 valence electrons. The summed E-state index contributed by atoms with van der Waals surface area (Å²) in [6.45, 7) is 9.41. The Balaban J connectivity index is 2.11. The van der Waals surface area contributed by atoms with Gasteiger partial charge >= 0.3 is 0 Å². The average molecular weight is 429 g/mol. The zero-order chi connectivity index (χ0) is 17.3. The smallest absolute Gasteiger partial charge is 0.263 e. The molecule has 0 spiro atoms. The van der Waals surface area contributed by atoms with Crippen molar-refractivity contribution in [3.05, 3.63) is 31.9 Å². The first-order valence-corrected chi connectivity index (χ1v) is 10.7. The Labute approximate surface area is 158 Å². The predicted octanol–water partition coefficient (Wildman–Crippen LogP) is 4.51. The summed E-state index contributed by atoms with van der Waals surface area (Å²) in [6.07, 6.45) is 3.03. The van der Waals surface area contributed by atoms with Crippen LogP contribution in [-0.4, -0.2) is 28.0 Å². The maximum atomic E-state index is 13.2. The van der Waals surface area contributed by atoms with Crippen molar-refractivity contribution < 1.29 is 4.74 Å². The van der Waals surface area contributed by atoms with Crippen molar-refractivity contribution in [2.45, 2.75) is 50.9 Å². The van der Waals surface area contributed by atoms with E-state index in [1.54, 1.807) is 23.1 Å². The van der Waals surface area contributed by atoms with E-state index < -0.39 is 0 Å². The summed E-state index contributed by atoms with van der Waals surface area (Å²) < 4.78 is 8.45. The standard InChI is InChI=1S/C17H21BrN2O2S2/c1-4-13-11(3)24-15-14(13)16(21)20(8-12-6-5-7-22-12)17(19-15)23-9-10(2)18/h12H,2,4-9H2,1,3H3/t12-/m0/s1. The van der Waals surface area contributed by atoms with Crippen molar-refractivity contribution in [3.8, 4) is 0 Å². The van der Waals surface area contributed by atoms with Crippen LogP contribution in [0, 0.1) is 6.92 Å². The van der Waals surface area contributed by atoms with Crippen molar-refractivity contribution in [1.29, 1.82) is 0 Å². The second-order valence-corrected chi connectivity index (χ2v) is 9.19. The minimum Gasteiger partial charge on any atom is -0.376 e. The summed E-state index contributed by atoms with van der Waals surface area (Å²) in [5.74, 6) is 0.689. The molecule has 3 rings (SSSR count). The van der Waals surface area contributed by atoms with Crippen LogP contribution in [0.15, 0.2) is 21.0 Å². The molecular formula is C17H21BrN2O2S2. The first-order chi connectivity index (χ1) is 11.5. The average Bonchev–Trinajstić information content (AvgIpc) is 3.15. The Morgan fingerprint density at radius 3 is 3.00 bits per heavy atom. The van der Waals surface area contributed by atoms with Gasteiger partial charge in [0.05, 0.1) is 18.0 Å². The van der Waals surface area contributed by atoms with E-state index in [1.165, 1.54) is 4.88 Å². The van der Waals surface area contributed by atoms with Crippen molar-refractivity contribution in [3.63, 3.8) is 0 Å². The topological polar surface area (TPSA) is 44.1 Å². The summed E-state index contributed by atoms with van der Waals surface area (Å²) >= 11 is 6.55. The molecule has 1 aliphatic rings. The fourth-order valence-corrected chi connectivity index (χ4v) is 5.32. The number of halogens is 1. The number of aromatic nitrogens is 2. The van der Waals surface area contributed by atoms with Gasteiger partial charge in [-0.15, -0.1) is 11.3 Å². The molecule has 1 fully saturated rings. The fourth-order valence-electron chi connectivity index (χ4n) is 3.06. The molecule has 1 atom stereocenters. The van der Waals surface area contributed by atoms with Gasteiger partial charge < -0.3 is 4.74 Å². The third kappa shape index (κ3) is 3.64. The maximum Gasteiger partial charge on any atom is 0.263 e. The Kier molecular flexibility index (Phi) is 5.85. The van der Waals surface area contributed by atoms with E-state index >= 15 is 0 Å². The second kappa shape index (κ2) is 7.72. The van der Waals surface area contributed by atoms with Gasteiger partial charge in [-0.1, -0.05) is 41.2 Å². The van der Waals surface area contributed by atoms with E-state index in [2.05, 4.69) is 36.4 Å². The van der Waals surface area contributed by atoms with Crippen LogP contribution in [0.5, 0.6) is 0 Å². The summed E-state index contributed by atoms with van der Waals surface area (Å²) in [7, 11) is 0. The van der Waals surface area contributed by atoms with E-state index in [0.29, 0.717) is 12.3 Å². The van der Waals surface area contributed by atoms with E-state index in [1.807, 2.05) is 4.57 Å². The summed E-state index contributed by atoms with van der Waals surface area (Å²) in [6, 6.07) is 0. The normalized spacial score (nSPS) is 17.7. The number of thioether (sulfide) groups is 1. The van der Waals surface area contributed by atoms with Gasteiger partial charge in [-0.3, -0.25) is 9.36 Å². The predicted molar refractivity (Wildman–Crippen MR) is 106 cm³/mol. The molecule has 3 heterocycles. The van der Waals surface area contributed by atoms with E-state index in [-0.39, 0.29) is 11.7 Å². The molecule has 7 heteroatoms. The lowest BCUT2D eigenvalue weighted by molar-refractivity contribution is 0.0937. The number of aryl methyl sites for hydroxylation is 2. The first kappa shape index (κ1) is 18.2. The van der Waals surface area contributed by atoms with Crippen molar-refractivity contribution in [1.82, 2.24) is 9.55 Å². The van der Waals surface area contributed by atoms with Crippen LogP contribution in [0.2, 0.25) is 0 Å². The molecule has 0 radical (unpaired) electrons. The van der Waals surface area contributed by atoms with Crippen LogP contribution >= 0.6 is 39.0 Å². The minimum atomic E-state index is 0.0689. The first-order valence-electron chi connectivity index (χ1n) is 8.11. The third-order valence-electron chi connectivity index (χ3n) is 4.20. The van der Waals surface area contributed by atoms with Crippen LogP contribution in [0.25, 0.3) is 10.2 Å². The lowest BCUT2D eigenvalue weighted by atomic mass is 10.1. The summed E-state index contributed by atoms with van der Waals surface area (Å²) in [4.78, 5) is 20.0. The van der Waals surface area contributed by atoms with Crippen molar-refractivity contribution >= 4 is 49.2 Å².